The van der Waals surface area contributed by atoms with E-state index in [9.17, 15) is 4.79 Å². The molecule has 0 aromatic carbocycles. The standard InChI is InChI=1S/C10H20N2O2/c1-3-10(11,4-2)9(14)12-5-8(6-12)7-13/h8,13H,3-7,11H2,1-2H3. The first-order valence-corrected chi connectivity index (χ1v) is 5.26. The molecular formula is C10H20N2O2. The zero-order chi connectivity index (χ0) is 10.8. The number of carbonyl (C=O) groups is 1. The third-order valence-corrected chi connectivity index (χ3v) is 3.19. The number of rotatable bonds is 4. The minimum Gasteiger partial charge on any atom is -0.396 e. The molecule has 1 heterocycles. The number of hydrogen-bond acceptors (Lipinski definition) is 3. The highest BCUT2D eigenvalue weighted by Gasteiger charge is 2.39. The largest absolute Gasteiger partial charge is 0.396 e. The van der Waals surface area contributed by atoms with Gasteiger partial charge in [0, 0.05) is 25.6 Å². The van der Waals surface area contributed by atoms with Crippen molar-refractivity contribution in [2.24, 2.45) is 11.7 Å². The number of carbonyl (C=O) groups excluding carboxylic acids is 1. The van der Waals surface area contributed by atoms with Crippen molar-refractivity contribution >= 4 is 5.91 Å². The summed E-state index contributed by atoms with van der Waals surface area (Å²) in [6.45, 7) is 5.36. The number of hydrogen-bond donors (Lipinski definition) is 2. The van der Waals surface area contributed by atoms with Gasteiger partial charge >= 0.3 is 0 Å². The molecule has 0 radical (unpaired) electrons. The molecule has 0 bridgehead atoms. The molecule has 0 aromatic heterocycles. The molecule has 4 nitrogen and oxygen atoms in total. The highest BCUT2D eigenvalue weighted by molar-refractivity contribution is 5.86. The van der Waals surface area contributed by atoms with Gasteiger partial charge in [0.25, 0.3) is 0 Å². The summed E-state index contributed by atoms with van der Waals surface area (Å²) >= 11 is 0. The molecule has 3 N–H and O–H groups in total. The Balaban J connectivity index is 2.50. The molecule has 0 saturated carbocycles. The maximum absolute atomic E-state index is 11.9. The first kappa shape index (κ1) is 11.5. The summed E-state index contributed by atoms with van der Waals surface area (Å²) in [5, 5.41) is 8.83. The Bertz CT molecular complexity index is 208. The van der Waals surface area contributed by atoms with Crippen LogP contribution < -0.4 is 5.73 Å². The molecule has 0 unspecified atom stereocenters. The third-order valence-electron chi connectivity index (χ3n) is 3.19. The summed E-state index contributed by atoms with van der Waals surface area (Å²) in [6, 6.07) is 0. The number of nitrogens with two attached hydrogens (primary N) is 1. The maximum atomic E-state index is 11.9. The number of amides is 1. The average Bonchev–Trinajstić information content (AvgIpc) is 2.15. The fourth-order valence-electron chi connectivity index (χ4n) is 1.72. The van der Waals surface area contributed by atoms with Crippen LogP contribution in [-0.2, 0) is 4.79 Å². The van der Waals surface area contributed by atoms with Gasteiger partial charge in [-0.25, -0.2) is 0 Å². The van der Waals surface area contributed by atoms with E-state index in [0.717, 1.165) is 0 Å². The van der Waals surface area contributed by atoms with Crippen LogP contribution in [0.3, 0.4) is 0 Å². The van der Waals surface area contributed by atoms with Crippen LogP contribution in [0.1, 0.15) is 26.7 Å². The fourth-order valence-corrected chi connectivity index (χ4v) is 1.72. The lowest BCUT2D eigenvalue weighted by Gasteiger charge is -2.43. The second-order valence-electron chi connectivity index (χ2n) is 4.12. The topological polar surface area (TPSA) is 66.6 Å². The number of aliphatic hydroxyl groups excluding tert-OH is 1. The molecule has 4 heteroatoms. The van der Waals surface area contributed by atoms with Crippen molar-refractivity contribution in [2.45, 2.75) is 32.2 Å². The van der Waals surface area contributed by atoms with Crippen molar-refractivity contribution < 1.29 is 9.90 Å². The quantitative estimate of drug-likeness (QED) is 0.669. The van der Waals surface area contributed by atoms with E-state index in [1.165, 1.54) is 0 Å². The van der Waals surface area contributed by atoms with Crippen LogP contribution in [0.4, 0.5) is 0 Å². The Hall–Kier alpha value is -0.610. The van der Waals surface area contributed by atoms with Crippen molar-refractivity contribution in [1.29, 1.82) is 0 Å². The molecule has 0 spiro atoms. The van der Waals surface area contributed by atoms with Gasteiger partial charge in [-0.3, -0.25) is 4.79 Å². The Kier molecular flexibility index (Phi) is 3.50. The third kappa shape index (κ3) is 1.91. The molecule has 0 aromatic rings. The van der Waals surface area contributed by atoms with Crippen molar-refractivity contribution in [3.8, 4) is 0 Å². The second kappa shape index (κ2) is 4.28. The Morgan fingerprint density at radius 1 is 1.50 bits per heavy atom. The molecule has 1 rings (SSSR count). The summed E-state index contributed by atoms with van der Waals surface area (Å²) in [5.74, 6) is 0.295. The SMILES string of the molecule is CCC(N)(CC)C(=O)N1CC(CO)C1. The van der Waals surface area contributed by atoms with Crippen LogP contribution in [0.5, 0.6) is 0 Å². The van der Waals surface area contributed by atoms with Gasteiger partial charge in [-0.05, 0) is 12.8 Å². The van der Waals surface area contributed by atoms with E-state index < -0.39 is 5.54 Å². The lowest BCUT2D eigenvalue weighted by molar-refractivity contribution is -0.144. The van der Waals surface area contributed by atoms with Crippen LogP contribution in [0.25, 0.3) is 0 Å². The molecule has 1 aliphatic heterocycles. The van der Waals surface area contributed by atoms with Gasteiger partial charge in [0.1, 0.15) is 0 Å². The van der Waals surface area contributed by atoms with E-state index in [4.69, 9.17) is 10.8 Å². The minimum atomic E-state index is -0.694. The van der Waals surface area contributed by atoms with Crippen LogP contribution in [0.2, 0.25) is 0 Å². The number of nitrogens with zero attached hydrogens (tertiary/aromatic N) is 1. The summed E-state index contributed by atoms with van der Waals surface area (Å²) in [7, 11) is 0. The van der Waals surface area contributed by atoms with Crippen molar-refractivity contribution in [3.63, 3.8) is 0 Å². The normalized spacial score (nSPS) is 18.1. The van der Waals surface area contributed by atoms with Crippen LogP contribution in [0.15, 0.2) is 0 Å². The fraction of sp³-hybridized carbons (Fsp3) is 0.900. The Morgan fingerprint density at radius 2 is 2.00 bits per heavy atom. The van der Waals surface area contributed by atoms with Crippen LogP contribution >= 0.6 is 0 Å². The van der Waals surface area contributed by atoms with E-state index >= 15 is 0 Å². The molecule has 1 aliphatic rings. The molecule has 82 valence electrons. The van der Waals surface area contributed by atoms with Crippen molar-refractivity contribution in [2.75, 3.05) is 19.7 Å². The molecular weight excluding hydrogens is 180 g/mol. The summed E-state index contributed by atoms with van der Waals surface area (Å²) < 4.78 is 0. The lowest BCUT2D eigenvalue weighted by Crippen LogP contribution is -2.61. The highest BCUT2D eigenvalue weighted by Crippen LogP contribution is 2.22. The van der Waals surface area contributed by atoms with Gasteiger partial charge in [-0.1, -0.05) is 13.8 Å². The zero-order valence-corrected chi connectivity index (χ0v) is 8.99. The van der Waals surface area contributed by atoms with E-state index in [1.807, 2.05) is 13.8 Å². The zero-order valence-electron chi connectivity index (χ0n) is 8.99. The minimum absolute atomic E-state index is 0.0344. The lowest BCUT2D eigenvalue weighted by atomic mass is 9.89. The average molecular weight is 200 g/mol. The molecule has 1 fully saturated rings. The molecule has 14 heavy (non-hydrogen) atoms. The van der Waals surface area contributed by atoms with Gasteiger partial charge in [-0.2, -0.15) is 0 Å². The van der Waals surface area contributed by atoms with E-state index in [2.05, 4.69) is 0 Å². The van der Waals surface area contributed by atoms with Gasteiger partial charge in [0.2, 0.25) is 5.91 Å². The monoisotopic (exact) mass is 200 g/mol. The highest BCUT2D eigenvalue weighted by atomic mass is 16.3. The Morgan fingerprint density at radius 3 is 2.36 bits per heavy atom. The van der Waals surface area contributed by atoms with Gasteiger partial charge in [0.05, 0.1) is 5.54 Å². The molecule has 1 saturated heterocycles. The van der Waals surface area contributed by atoms with E-state index in [1.54, 1.807) is 4.90 Å². The molecule has 1 amide bonds. The van der Waals surface area contributed by atoms with Gasteiger partial charge in [-0.15, -0.1) is 0 Å². The number of aliphatic hydroxyl groups is 1. The Labute approximate surface area is 85.1 Å². The van der Waals surface area contributed by atoms with Crippen molar-refractivity contribution in [3.05, 3.63) is 0 Å². The van der Waals surface area contributed by atoms with Gasteiger partial charge < -0.3 is 15.7 Å². The van der Waals surface area contributed by atoms with E-state index in [0.29, 0.717) is 25.9 Å². The summed E-state index contributed by atoms with van der Waals surface area (Å²) in [4.78, 5) is 13.6. The second-order valence-corrected chi connectivity index (χ2v) is 4.12. The smallest absolute Gasteiger partial charge is 0.242 e. The predicted octanol–water partition coefficient (Wildman–Crippen LogP) is -0.0454. The first-order valence-electron chi connectivity index (χ1n) is 5.26. The van der Waals surface area contributed by atoms with Crippen molar-refractivity contribution in [1.82, 2.24) is 4.90 Å². The maximum Gasteiger partial charge on any atom is 0.242 e. The summed E-state index contributed by atoms with van der Waals surface area (Å²) in [5.41, 5.74) is 5.29. The molecule has 0 atom stereocenters. The van der Waals surface area contributed by atoms with Gasteiger partial charge in [0.15, 0.2) is 0 Å². The predicted molar refractivity (Wildman–Crippen MR) is 54.7 cm³/mol. The van der Waals surface area contributed by atoms with E-state index in [-0.39, 0.29) is 18.4 Å². The first-order chi connectivity index (χ1) is 6.57. The van der Waals surface area contributed by atoms with Crippen LogP contribution in [0, 0.1) is 5.92 Å². The van der Waals surface area contributed by atoms with Crippen LogP contribution in [-0.4, -0.2) is 41.1 Å². The summed E-state index contributed by atoms with van der Waals surface area (Å²) in [6.07, 6.45) is 1.34. The molecule has 0 aliphatic carbocycles. The number of likely N-dealkylation sites (tertiary alicyclic amines) is 1.